The fraction of sp³-hybridized carbons (Fsp3) is 0.500. The van der Waals surface area contributed by atoms with Gasteiger partial charge in [0.1, 0.15) is 0 Å². The van der Waals surface area contributed by atoms with Crippen LogP contribution in [-0.2, 0) is 0 Å². The summed E-state index contributed by atoms with van der Waals surface area (Å²) >= 11 is 1.83. The predicted octanol–water partition coefficient (Wildman–Crippen LogP) is 4.44. The molecular weight excluding hydrogens is 176 g/mol. The van der Waals surface area contributed by atoms with Gasteiger partial charge in [-0.15, -0.1) is 11.3 Å². The van der Waals surface area contributed by atoms with Crippen molar-refractivity contribution < 1.29 is 0 Å². The average Bonchev–Trinajstić information content (AvgIpc) is 2.50. The van der Waals surface area contributed by atoms with Gasteiger partial charge in [-0.1, -0.05) is 39.8 Å². The standard InChI is InChI=1S/C12H18S/c1-9(2)8-11(10(3)4)12-6-5-7-13-12/h5-10H,1-4H3/b11-8+. The van der Waals surface area contributed by atoms with Crippen LogP contribution in [0.1, 0.15) is 32.6 Å². The van der Waals surface area contributed by atoms with Gasteiger partial charge in [-0.3, -0.25) is 0 Å². The number of hydrogen-bond donors (Lipinski definition) is 0. The van der Waals surface area contributed by atoms with Crippen LogP contribution in [0.2, 0.25) is 0 Å². The smallest absolute Gasteiger partial charge is 0.0301 e. The number of hydrogen-bond acceptors (Lipinski definition) is 1. The zero-order chi connectivity index (χ0) is 9.84. The lowest BCUT2D eigenvalue weighted by atomic mass is 9.98. The summed E-state index contributed by atoms with van der Waals surface area (Å²) in [5.74, 6) is 1.26. The largest absolute Gasteiger partial charge is 0.144 e. The Labute approximate surface area is 85.3 Å². The second-order valence-corrected chi connectivity index (χ2v) is 4.95. The average molecular weight is 194 g/mol. The second kappa shape index (κ2) is 4.61. The molecule has 1 rings (SSSR count). The Bertz CT molecular complexity index is 265. The van der Waals surface area contributed by atoms with Gasteiger partial charge in [0.2, 0.25) is 0 Å². The van der Waals surface area contributed by atoms with E-state index in [0.29, 0.717) is 11.8 Å². The first kappa shape index (κ1) is 10.5. The summed E-state index contributed by atoms with van der Waals surface area (Å²) in [6, 6.07) is 4.33. The van der Waals surface area contributed by atoms with E-state index in [9.17, 15) is 0 Å². The van der Waals surface area contributed by atoms with E-state index in [1.165, 1.54) is 10.5 Å². The first-order chi connectivity index (χ1) is 6.11. The number of rotatable bonds is 3. The summed E-state index contributed by atoms with van der Waals surface area (Å²) in [4.78, 5) is 1.42. The van der Waals surface area contributed by atoms with Gasteiger partial charge < -0.3 is 0 Å². The molecule has 1 aromatic heterocycles. The zero-order valence-corrected chi connectivity index (χ0v) is 9.69. The van der Waals surface area contributed by atoms with Crippen LogP contribution < -0.4 is 0 Å². The quantitative estimate of drug-likeness (QED) is 0.667. The second-order valence-electron chi connectivity index (χ2n) is 4.00. The highest BCUT2D eigenvalue weighted by Crippen LogP contribution is 2.28. The molecule has 0 unspecified atom stereocenters. The lowest BCUT2D eigenvalue weighted by Gasteiger charge is -2.10. The molecule has 0 aliphatic heterocycles. The molecule has 0 fully saturated rings. The fourth-order valence-electron chi connectivity index (χ4n) is 1.36. The predicted molar refractivity (Wildman–Crippen MR) is 62.0 cm³/mol. The third-order valence-corrected chi connectivity index (χ3v) is 2.86. The molecule has 0 amide bonds. The van der Waals surface area contributed by atoms with Crippen LogP contribution in [0.3, 0.4) is 0 Å². The van der Waals surface area contributed by atoms with Crippen LogP contribution in [0.25, 0.3) is 5.57 Å². The molecule has 1 heteroatoms. The van der Waals surface area contributed by atoms with Gasteiger partial charge >= 0.3 is 0 Å². The van der Waals surface area contributed by atoms with Crippen LogP contribution >= 0.6 is 11.3 Å². The van der Waals surface area contributed by atoms with Crippen molar-refractivity contribution in [3.8, 4) is 0 Å². The maximum Gasteiger partial charge on any atom is 0.0301 e. The summed E-state index contributed by atoms with van der Waals surface area (Å²) in [6.07, 6.45) is 2.37. The Morgan fingerprint density at radius 2 is 2.00 bits per heavy atom. The minimum Gasteiger partial charge on any atom is -0.144 e. The van der Waals surface area contributed by atoms with Crippen molar-refractivity contribution in [1.29, 1.82) is 0 Å². The van der Waals surface area contributed by atoms with Crippen molar-refractivity contribution in [2.45, 2.75) is 27.7 Å². The monoisotopic (exact) mass is 194 g/mol. The molecule has 0 radical (unpaired) electrons. The van der Waals surface area contributed by atoms with Gasteiger partial charge in [0.25, 0.3) is 0 Å². The van der Waals surface area contributed by atoms with Crippen LogP contribution in [-0.4, -0.2) is 0 Å². The first-order valence-corrected chi connectivity index (χ1v) is 5.74. The fourth-order valence-corrected chi connectivity index (χ4v) is 2.26. The Hall–Kier alpha value is -0.560. The summed E-state index contributed by atoms with van der Waals surface area (Å²) in [5, 5.41) is 2.14. The zero-order valence-electron chi connectivity index (χ0n) is 8.87. The Morgan fingerprint density at radius 1 is 1.31 bits per heavy atom. The number of allylic oxidation sites excluding steroid dienone is 2. The topological polar surface area (TPSA) is 0 Å². The number of thiophene rings is 1. The van der Waals surface area contributed by atoms with Gasteiger partial charge in [-0.05, 0) is 28.9 Å². The Balaban J connectivity index is 2.94. The van der Waals surface area contributed by atoms with E-state index in [4.69, 9.17) is 0 Å². The summed E-state index contributed by atoms with van der Waals surface area (Å²) in [5.41, 5.74) is 1.49. The molecule has 0 atom stereocenters. The van der Waals surface area contributed by atoms with Crippen molar-refractivity contribution in [2.24, 2.45) is 11.8 Å². The molecule has 0 bridgehead atoms. The van der Waals surface area contributed by atoms with Crippen LogP contribution in [0.5, 0.6) is 0 Å². The van der Waals surface area contributed by atoms with Gasteiger partial charge in [0, 0.05) is 4.88 Å². The Kier molecular flexibility index (Phi) is 3.73. The molecule has 0 saturated heterocycles. The van der Waals surface area contributed by atoms with Crippen LogP contribution in [0, 0.1) is 11.8 Å². The van der Waals surface area contributed by atoms with Crippen molar-refractivity contribution in [3.05, 3.63) is 28.5 Å². The van der Waals surface area contributed by atoms with E-state index in [1.807, 2.05) is 11.3 Å². The molecule has 1 aromatic rings. The van der Waals surface area contributed by atoms with E-state index >= 15 is 0 Å². The lowest BCUT2D eigenvalue weighted by Crippen LogP contribution is -1.93. The summed E-state index contributed by atoms with van der Waals surface area (Å²) < 4.78 is 0. The highest BCUT2D eigenvalue weighted by molar-refractivity contribution is 7.11. The molecule has 13 heavy (non-hydrogen) atoms. The molecule has 0 aliphatic carbocycles. The SMILES string of the molecule is CC(C)/C=C(/c1cccs1)C(C)C. The molecule has 0 saturated carbocycles. The minimum absolute atomic E-state index is 0.626. The van der Waals surface area contributed by atoms with E-state index in [1.54, 1.807) is 0 Å². The molecule has 0 aromatic carbocycles. The molecule has 0 N–H and O–H groups in total. The normalized spacial score (nSPS) is 12.9. The summed E-state index contributed by atoms with van der Waals surface area (Å²) in [7, 11) is 0. The van der Waals surface area contributed by atoms with Crippen LogP contribution in [0.15, 0.2) is 23.6 Å². The molecule has 0 spiro atoms. The van der Waals surface area contributed by atoms with Crippen molar-refractivity contribution in [3.63, 3.8) is 0 Å². The van der Waals surface area contributed by atoms with Gasteiger partial charge in [0.15, 0.2) is 0 Å². The molecule has 0 nitrogen and oxygen atoms in total. The molecule has 72 valence electrons. The third kappa shape index (κ3) is 3.00. The van der Waals surface area contributed by atoms with E-state index in [-0.39, 0.29) is 0 Å². The van der Waals surface area contributed by atoms with E-state index in [0.717, 1.165) is 0 Å². The van der Waals surface area contributed by atoms with Gasteiger partial charge in [0.05, 0.1) is 0 Å². The lowest BCUT2D eigenvalue weighted by molar-refractivity contribution is 0.799. The van der Waals surface area contributed by atoms with Crippen molar-refractivity contribution >= 4 is 16.9 Å². The van der Waals surface area contributed by atoms with E-state index in [2.05, 4.69) is 51.3 Å². The molecular formula is C12H18S. The van der Waals surface area contributed by atoms with E-state index < -0.39 is 0 Å². The van der Waals surface area contributed by atoms with Gasteiger partial charge in [-0.2, -0.15) is 0 Å². The molecule has 1 heterocycles. The first-order valence-electron chi connectivity index (χ1n) is 4.87. The Morgan fingerprint density at radius 3 is 2.38 bits per heavy atom. The van der Waals surface area contributed by atoms with Gasteiger partial charge in [-0.25, -0.2) is 0 Å². The highest BCUT2D eigenvalue weighted by Gasteiger charge is 2.07. The maximum atomic E-state index is 2.37. The van der Waals surface area contributed by atoms with Crippen molar-refractivity contribution in [2.75, 3.05) is 0 Å². The molecule has 0 aliphatic rings. The van der Waals surface area contributed by atoms with Crippen LogP contribution in [0.4, 0.5) is 0 Å². The highest BCUT2D eigenvalue weighted by atomic mass is 32.1. The summed E-state index contributed by atoms with van der Waals surface area (Å²) in [6.45, 7) is 8.98. The minimum atomic E-state index is 0.626. The van der Waals surface area contributed by atoms with Crippen molar-refractivity contribution in [1.82, 2.24) is 0 Å². The maximum absolute atomic E-state index is 2.37. The third-order valence-electron chi connectivity index (χ3n) is 1.94.